The highest BCUT2D eigenvalue weighted by atomic mass is 16.6. The van der Waals surface area contributed by atoms with Crippen LogP contribution < -0.4 is 0 Å². The molecule has 0 aromatic carbocycles. The lowest BCUT2D eigenvalue weighted by atomic mass is 9.63. The van der Waals surface area contributed by atoms with Crippen molar-refractivity contribution in [2.24, 2.45) is 0 Å². The Hall–Kier alpha value is -1.58. The van der Waals surface area contributed by atoms with Gasteiger partial charge in [-0.2, -0.15) is 0 Å². The van der Waals surface area contributed by atoms with Crippen LogP contribution in [-0.2, 0) is 19.1 Å². The molecule has 4 heteroatoms. The number of carbonyl (C=O) groups excluding carboxylic acids is 2. The van der Waals surface area contributed by atoms with E-state index in [1.165, 1.54) is 0 Å². The highest BCUT2D eigenvalue weighted by molar-refractivity contribution is 5.88. The zero-order chi connectivity index (χ0) is 16.4. The van der Waals surface area contributed by atoms with Crippen LogP contribution in [0, 0.1) is 0 Å². The molecule has 2 fully saturated rings. The second-order valence-electron chi connectivity index (χ2n) is 6.74. The molecule has 0 aromatic heterocycles. The fourth-order valence-electron chi connectivity index (χ4n) is 3.72. The summed E-state index contributed by atoms with van der Waals surface area (Å²) < 4.78 is 11.8. The maximum absolute atomic E-state index is 12.1. The van der Waals surface area contributed by atoms with Gasteiger partial charge in [-0.15, -0.1) is 0 Å². The molecular weight excluding hydrogens is 280 g/mol. The molecular formula is C18H26O4. The molecule has 0 heterocycles. The van der Waals surface area contributed by atoms with Gasteiger partial charge in [-0.1, -0.05) is 13.2 Å². The molecule has 2 saturated carbocycles. The van der Waals surface area contributed by atoms with Crippen molar-refractivity contribution >= 4 is 11.9 Å². The van der Waals surface area contributed by atoms with Crippen molar-refractivity contribution in [2.45, 2.75) is 76.4 Å². The zero-order valence-electron chi connectivity index (χ0n) is 13.7. The van der Waals surface area contributed by atoms with Crippen LogP contribution in [0.2, 0.25) is 0 Å². The minimum atomic E-state index is -0.704. The summed E-state index contributed by atoms with van der Waals surface area (Å²) in [5, 5.41) is 0. The molecule has 0 radical (unpaired) electrons. The molecule has 2 rings (SSSR count). The van der Waals surface area contributed by atoms with Crippen LogP contribution in [0.25, 0.3) is 0 Å². The minimum absolute atomic E-state index is 0.380. The third-order valence-corrected chi connectivity index (χ3v) is 4.93. The number of hydrogen-bond donors (Lipinski definition) is 0. The summed E-state index contributed by atoms with van der Waals surface area (Å²) in [6.07, 6.45) is 6.91. The third-order valence-electron chi connectivity index (χ3n) is 4.93. The molecule has 22 heavy (non-hydrogen) atoms. The summed E-state index contributed by atoms with van der Waals surface area (Å²) in [5.41, 5.74) is -0.647. The van der Waals surface area contributed by atoms with Gasteiger partial charge in [0.1, 0.15) is 0 Å². The average Bonchev–Trinajstić information content (AvgIpc) is 2.47. The molecule has 0 spiro atoms. The summed E-state index contributed by atoms with van der Waals surface area (Å²) in [5.74, 6) is -0.779. The van der Waals surface area contributed by atoms with Gasteiger partial charge in [0.25, 0.3) is 0 Å². The van der Waals surface area contributed by atoms with Gasteiger partial charge < -0.3 is 9.47 Å². The zero-order valence-corrected chi connectivity index (χ0v) is 13.7. The van der Waals surface area contributed by atoms with Crippen LogP contribution in [0.4, 0.5) is 0 Å². The van der Waals surface area contributed by atoms with Gasteiger partial charge in [0.2, 0.25) is 0 Å². The molecule has 0 aromatic rings. The first-order valence-corrected chi connectivity index (χ1v) is 8.10. The lowest BCUT2D eigenvalue weighted by Gasteiger charge is -2.54. The first-order valence-electron chi connectivity index (χ1n) is 8.10. The Morgan fingerprint density at radius 3 is 1.23 bits per heavy atom. The SMILES string of the molecule is C=C(C)C(=O)OC12CCCCC1(OC(=O)C(=C)C)CCCC2. The van der Waals surface area contributed by atoms with Crippen molar-refractivity contribution in [2.75, 3.05) is 0 Å². The molecule has 2 aliphatic rings. The maximum Gasteiger partial charge on any atom is 0.333 e. The number of fused-ring (bicyclic) bond motifs is 1. The maximum atomic E-state index is 12.1. The van der Waals surface area contributed by atoms with E-state index < -0.39 is 11.2 Å². The fraction of sp³-hybridized carbons (Fsp3) is 0.667. The molecule has 0 unspecified atom stereocenters. The van der Waals surface area contributed by atoms with E-state index in [9.17, 15) is 9.59 Å². The van der Waals surface area contributed by atoms with Crippen molar-refractivity contribution in [1.82, 2.24) is 0 Å². The smallest absolute Gasteiger partial charge is 0.333 e. The summed E-state index contributed by atoms with van der Waals surface area (Å²) in [6, 6.07) is 0. The highest BCUT2D eigenvalue weighted by Crippen LogP contribution is 2.52. The first kappa shape index (κ1) is 16.8. The van der Waals surface area contributed by atoms with Crippen LogP contribution in [0.15, 0.2) is 24.3 Å². The molecule has 0 amide bonds. The predicted octanol–water partition coefficient (Wildman–Crippen LogP) is 3.85. The van der Waals surface area contributed by atoms with Crippen molar-refractivity contribution in [1.29, 1.82) is 0 Å². The molecule has 0 atom stereocenters. The predicted molar refractivity (Wildman–Crippen MR) is 84.2 cm³/mol. The van der Waals surface area contributed by atoms with Gasteiger partial charge in [-0.25, -0.2) is 9.59 Å². The molecule has 0 aliphatic heterocycles. The van der Waals surface area contributed by atoms with Crippen LogP contribution in [0.3, 0.4) is 0 Å². The Morgan fingerprint density at radius 2 is 1.00 bits per heavy atom. The molecule has 122 valence electrons. The van der Waals surface area contributed by atoms with E-state index >= 15 is 0 Å². The fourth-order valence-corrected chi connectivity index (χ4v) is 3.72. The van der Waals surface area contributed by atoms with E-state index in [0.717, 1.165) is 51.4 Å². The van der Waals surface area contributed by atoms with E-state index in [0.29, 0.717) is 11.1 Å². The highest BCUT2D eigenvalue weighted by Gasteiger charge is 2.59. The van der Waals surface area contributed by atoms with E-state index in [4.69, 9.17) is 9.47 Å². The second-order valence-corrected chi connectivity index (χ2v) is 6.74. The Bertz CT molecular complexity index is 445. The minimum Gasteiger partial charge on any atom is -0.451 e. The Kier molecular flexibility index (Phi) is 4.78. The number of ether oxygens (including phenoxy) is 2. The van der Waals surface area contributed by atoms with E-state index in [1.54, 1.807) is 13.8 Å². The number of carbonyl (C=O) groups is 2. The second kappa shape index (κ2) is 6.27. The van der Waals surface area contributed by atoms with Gasteiger partial charge >= 0.3 is 11.9 Å². The van der Waals surface area contributed by atoms with Crippen LogP contribution >= 0.6 is 0 Å². The molecule has 2 aliphatic carbocycles. The molecule has 4 nitrogen and oxygen atoms in total. The molecule has 0 N–H and O–H groups in total. The largest absolute Gasteiger partial charge is 0.451 e. The third kappa shape index (κ3) is 2.96. The first-order chi connectivity index (χ1) is 10.3. The van der Waals surface area contributed by atoms with Crippen molar-refractivity contribution < 1.29 is 19.1 Å². The Balaban J connectivity index is 2.34. The van der Waals surface area contributed by atoms with E-state index in [2.05, 4.69) is 13.2 Å². The van der Waals surface area contributed by atoms with E-state index in [-0.39, 0.29) is 11.9 Å². The van der Waals surface area contributed by atoms with Gasteiger partial charge in [-0.05, 0) is 65.2 Å². The van der Waals surface area contributed by atoms with E-state index in [1.807, 2.05) is 0 Å². The topological polar surface area (TPSA) is 52.6 Å². The van der Waals surface area contributed by atoms with Crippen molar-refractivity contribution in [3.8, 4) is 0 Å². The van der Waals surface area contributed by atoms with Crippen molar-refractivity contribution in [3.05, 3.63) is 24.3 Å². The number of rotatable bonds is 4. The Morgan fingerprint density at radius 1 is 0.727 bits per heavy atom. The van der Waals surface area contributed by atoms with Gasteiger partial charge in [0.15, 0.2) is 11.2 Å². The number of esters is 2. The average molecular weight is 306 g/mol. The summed E-state index contributed by atoms with van der Waals surface area (Å²) in [6.45, 7) is 10.6. The monoisotopic (exact) mass is 306 g/mol. The lowest BCUT2D eigenvalue weighted by Crippen LogP contribution is -2.62. The Labute approximate surface area is 132 Å². The van der Waals surface area contributed by atoms with Crippen molar-refractivity contribution in [3.63, 3.8) is 0 Å². The normalized spacial score (nSPS) is 30.8. The summed E-state index contributed by atoms with van der Waals surface area (Å²) in [4.78, 5) is 24.3. The van der Waals surface area contributed by atoms with Crippen LogP contribution in [-0.4, -0.2) is 23.1 Å². The van der Waals surface area contributed by atoms with Crippen LogP contribution in [0.5, 0.6) is 0 Å². The summed E-state index contributed by atoms with van der Waals surface area (Å²) >= 11 is 0. The summed E-state index contributed by atoms with van der Waals surface area (Å²) in [7, 11) is 0. The van der Waals surface area contributed by atoms with Gasteiger partial charge in [-0.3, -0.25) is 0 Å². The molecule has 0 bridgehead atoms. The lowest BCUT2D eigenvalue weighted by molar-refractivity contribution is -0.233. The molecule has 0 saturated heterocycles. The number of hydrogen-bond acceptors (Lipinski definition) is 4. The quantitative estimate of drug-likeness (QED) is 0.585. The van der Waals surface area contributed by atoms with Gasteiger partial charge in [0, 0.05) is 11.1 Å². The van der Waals surface area contributed by atoms with Crippen LogP contribution in [0.1, 0.15) is 65.2 Å². The standard InChI is InChI=1S/C18H26O4/c1-13(2)15(19)21-17-9-5-7-11-18(17,12-8-6-10-17)22-16(20)14(3)4/h1,3,5-12H2,2,4H3. The van der Waals surface area contributed by atoms with Gasteiger partial charge in [0.05, 0.1) is 0 Å².